The van der Waals surface area contributed by atoms with E-state index in [1.807, 2.05) is 25.1 Å². The first-order chi connectivity index (χ1) is 11.1. The van der Waals surface area contributed by atoms with Gasteiger partial charge in [-0.05, 0) is 25.1 Å². The van der Waals surface area contributed by atoms with Crippen molar-refractivity contribution < 1.29 is 14.3 Å². The number of nitriles is 1. The minimum atomic E-state index is -0.184. The molecule has 1 aliphatic rings. The summed E-state index contributed by atoms with van der Waals surface area (Å²) in [6, 6.07) is 7.51. The highest BCUT2D eigenvalue weighted by atomic mass is 32.1. The Balaban J connectivity index is 1.80. The van der Waals surface area contributed by atoms with E-state index in [1.165, 1.54) is 11.3 Å². The average molecular weight is 329 g/mol. The quantitative estimate of drug-likeness (QED) is 0.862. The van der Waals surface area contributed by atoms with Crippen molar-refractivity contribution in [3.05, 3.63) is 29.3 Å². The molecular formula is C16H15N3O3S. The van der Waals surface area contributed by atoms with Gasteiger partial charge in [-0.1, -0.05) is 0 Å². The van der Waals surface area contributed by atoms with E-state index >= 15 is 0 Å². The lowest BCUT2D eigenvalue weighted by atomic mass is 10.2. The number of nitrogens with zero attached hydrogens (tertiary/aromatic N) is 3. The Morgan fingerprint density at radius 3 is 3.04 bits per heavy atom. The molecule has 0 aliphatic carbocycles. The molecule has 1 unspecified atom stereocenters. The monoisotopic (exact) mass is 329 g/mol. The number of aromatic nitrogens is 1. The lowest BCUT2D eigenvalue weighted by Gasteiger charge is -2.21. The highest BCUT2D eigenvalue weighted by Gasteiger charge is 2.21. The van der Waals surface area contributed by atoms with Crippen LogP contribution in [0, 0.1) is 11.3 Å². The standard InChI is InChI=1S/C16H15N3O3S/c1-10(5-6-17)19(2)16(20)12-8-23-15(18-12)11-3-4-13-14(7-11)22-9-21-13/h3-4,7-8,10H,5,9H2,1-2H3. The molecule has 1 aromatic carbocycles. The third-order valence-electron chi connectivity index (χ3n) is 3.71. The fourth-order valence-corrected chi connectivity index (χ4v) is 2.97. The van der Waals surface area contributed by atoms with Crippen LogP contribution in [-0.2, 0) is 0 Å². The van der Waals surface area contributed by atoms with Gasteiger partial charge >= 0.3 is 0 Å². The van der Waals surface area contributed by atoms with Crippen LogP contribution in [0.3, 0.4) is 0 Å². The SMILES string of the molecule is CC(CC#N)N(C)C(=O)c1csc(-c2ccc3c(c2)OCO3)n1. The van der Waals surface area contributed by atoms with Crippen molar-refractivity contribution in [3.8, 4) is 28.1 Å². The first-order valence-corrected chi connectivity index (χ1v) is 7.97. The molecule has 118 valence electrons. The Bertz CT molecular complexity index is 781. The second-order valence-electron chi connectivity index (χ2n) is 5.23. The van der Waals surface area contributed by atoms with E-state index < -0.39 is 0 Å². The Labute approximate surface area is 137 Å². The van der Waals surface area contributed by atoms with Gasteiger partial charge in [0.05, 0.1) is 12.5 Å². The molecule has 0 N–H and O–H groups in total. The van der Waals surface area contributed by atoms with Crippen LogP contribution in [0.15, 0.2) is 23.6 Å². The largest absolute Gasteiger partial charge is 0.454 e. The fourth-order valence-electron chi connectivity index (χ4n) is 2.18. The van der Waals surface area contributed by atoms with E-state index in [1.54, 1.807) is 17.3 Å². The van der Waals surface area contributed by atoms with Crippen LogP contribution in [-0.4, -0.2) is 35.7 Å². The van der Waals surface area contributed by atoms with E-state index in [9.17, 15) is 4.79 Å². The Hall–Kier alpha value is -2.59. The molecule has 0 radical (unpaired) electrons. The summed E-state index contributed by atoms with van der Waals surface area (Å²) >= 11 is 1.40. The maximum Gasteiger partial charge on any atom is 0.273 e. The Morgan fingerprint density at radius 1 is 1.48 bits per heavy atom. The van der Waals surface area contributed by atoms with Crippen LogP contribution >= 0.6 is 11.3 Å². The fraction of sp³-hybridized carbons (Fsp3) is 0.312. The molecule has 0 spiro atoms. The zero-order valence-corrected chi connectivity index (χ0v) is 13.6. The Morgan fingerprint density at radius 2 is 2.26 bits per heavy atom. The van der Waals surface area contributed by atoms with Crippen molar-refractivity contribution in [2.75, 3.05) is 13.8 Å². The summed E-state index contributed by atoms with van der Waals surface area (Å²) in [7, 11) is 1.68. The minimum absolute atomic E-state index is 0.150. The van der Waals surface area contributed by atoms with Gasteiger partial charge < -0.3 is 14.4 Å². The molecule has 1 aliphatic heterocycles. The molecule has 3 rings (SSSR count). The molecule has 7 heteroatoms. The van der Waals surface area contributed by atoms with Crippen molar-refractivity contribution in [2.24, 2.45) is 0 Å². The topological polar surface area (TPSA) is 75.5 Å². The zero-order chi connectivity index (χ0) is 16.4. The summed E-state index contributed by atoms with van der Waals surface area (Å²) in [6.07, 6.45) is 0.293. The minimum Gasteiger partial charge on any atom is -0.454 e. The summed E-state index contributed by atoms with van der Waals surface area (Å²) in [5.74, 6) is 1.22. The van der Waals surface area contributed by atoms with Crippen LogP contribution in [0.4, 0.5) is 0 Å². The molecule has 0 saturated carbocycles. The number of thiazole rings is 1. The molecule has 0 bridgehead atoms. The molecule has 1 aromatic heterocycles. The van der Waals surface area contributed by atoms with Crippen molar-refractivity contribution in [1.29, 1.82) is 5.26 Å². The van der Waals surface area contributed by atoms with Crippen LogP contribution in [0.5, 0.6) is 11.5 Å². The number of rotatable bonds is 4. The molecule has 2 aromatic rings. The Kier molecular flexibility index (Phi) is 4.17. The van der Waals surface area contributed by atoms with Gasteiger partial charge in [-0.15, -0.1) is 11.3 Å². The zero-order valence-electron chi connectivity index (χ0n) is 12.8. The van der Waals surface area contributed by atoms with E-state index in [0.717, 1.165) is 10.6 Å². The van der Waals surface area contributed by atoms with Crippen LogP contribution in [0.2, 0.25) is 0 Å². The maximum atomic E-state index is 12.4. The molecule has 23 heavy (non-hydrogen) atoms. The summed E-state index contributed by atoms with van der Waals surface area (Å²) in [5.41, 5.74) is 1.26. The van der Waals surface area contributed by atoms with E-state index in [2.05, 4.69) is 11.1 Å². The molecule has 2 heterocycles. The summed E-state index contributed by atoms with van der Waals surface area (Å²) in [4.78, 5) is 18.4. The summed E-state index contributed by atoms with van der Waals surface area (Å²) in [6.45, 7) is 2.06. The highest BCUT2D eigenvalue weighted by Crippen LogP contribution is 2.36. The smallest absolute Gasteiger partial charge is 0.273 e. The number of carbonyl (C=O) groups excluding carboxylic acids is 1. The second kappa shape index (κ2) is 6.26. The first kappa shape index (κ1) is 15.3. The number of fused-ring (bicyclic) bond motifs is 1. The van der Waals surface area contributed by atoms with Gasteiger partial charge in [-0.3, -0.25) is 4.79 Å². The van der Waals surface area contributed by atoms with Gasteiger partial charge in [0.1, 0.15) is 10.7 Å². The highest BCUT2D eigenvalue weighted by molar-refractivity contribution is 7.13. The molecule has 0 fully saturated rings. The van der Waals surface area contributed by atoms with Gasteiger partial charge in [0, 0.05) is 24.0 Å². The van der Waals surface area contributed by atoms with Gasteiger partial charge in [0.15, 0.2) is 11.5 Å². The van der Waals surface area contributed by atoms with Gasteiger partial charge in [-0.2, -0.15) is 5.26 Å². The number of amides is 1. The molecular weight excluding hydrogens is 314 g/mol. The van der Waals surface area contributed by atoms with Gasteiger partial charge in [0.25, 0.3) is 5.91 Å². The van der Waals surface area contributed by atoms with E-state index in [-0.39, 0.29) is 18.7 Å². The maximum absolute atomic E-state index is 12.4. The predicted molar refractivity (Wildman–Crippen MR) is 85.5 cm³/mol. The summed E-state index contributed by atoms with van der Waals surface area (Å²) in [5, 5.41) is 11.2. The van der Waals surface area contributed by atoms with Crippen LogP contribution < -0.4 is 9.47 Å². The van der Waals surface area contributed by atoms with E-state index in [4.69, 9.17) is 14.7 Å². The number of hydrogen-bond donors (Lipinski definition) is 0. The van der Waals surface area contributed by atoms with Gasteiger partial charge in [0.2, 0.25) is 6.79 Å². The van der Waals surface area contributed by atoms with Crippen molar-refractivity contribution in [3.63, 3.8) is 0 Å². The number of carbonyl (C=O) groups is 1. The number of benzene rings is 1. The summed E-state index contributed by atoms with van der Waals surface area (Å²) < 4.78 is 10.6. The van der Waals surface area contributed by atoms with Crippen LogP contribution in [0.25, 0.3) is 10.6 Å². The van der Waals surface area contributed by atoms with Gasteiger partial charge in [-0.25, -0.2) is 4.98 Å². The van der Waals surface area contributed by atoms with Crippen molar-refractivity contribution in [1.82, 2.24) is 9.88 Å². The third kappa shape index (κ3) is 2.98. The molecule has 1 atom stereocenters. The normalized spacial score (nSPS) is 13.4. The van der Waals surface area contributed by atoms with Crippen LogP contribution in [0.1, 0.15) is 23.8 Å². The van der Waals surface area contributed by atoms with E-state index in [0.29, 0.717) is 23.6 Å². The third-order valence-corrected chi connectivity index (χ3v) is 4.60. The molecule has 6 nitrogen and oxygen atoms in total. The lowest BCUT2D eigenvalue weighted by molar-refractivity contribution is 0.0741. The second-order valence-corrected chi connectivity index (χ2v) is 6.09. The average Bonchev–Trinajstić information content (AvgIpc) is 3.21. The number of hydrogen-bond acceptors (Lipinski definition) is 6. The first-order valence-electron chi connectivity index (χ1n) is 7.10. The lowest BCUT2D eigenvalue weighted by Crippen LogP contribution is -2.35. The molecule has 0 saturated heterocycles. The van der Waals surface area contributed by atoms with Crippen molar-refractivity contribution in [2.45, 2.75) is 19.4 Å². The molecule has 1 amide bonds. The number of ether oxygens (including phenoxy) is 2. The predicted octanol–water partition coefficient (Wildman–Crippen LogP) is 2.91. The van der Waals surface area contributed by atoms with Crippen molar-refractivity contribution >= 4 is 17.2 Å².